The van der Waals surface area contributed by atoms with Gasteiger partial charge in [-0.05, 0) is 5.56 Å². The molecule has 2 aromatic heterocycles. The van der Waals surface area contributed by atoms with Gasteiger partial charge in [-0.25, -0.2) is 0 Å². The molecular formula is C12H9N3O3. The van der Waals surface area contributed by atoms with Crippen LogP contribution < -0.4 is 5.56 Å². The van der Waals surface area contributed by atoms with Crippen LogP contribution in [0.1, 0.15) is 5.89 Å². The highest BCUT2D eigenvalue weighted by Crippen LogP contribution is 2.23. The van der Waals surface area contributed by atoms with Gasteiger partial charge in [0, 0.05) is 6.92 Å². The van der Waals surface area contributed by atoms with Gasteiger partial charge in [-0.3, -0.25) is 4.79 Å². The predicted molar refractivity (Wildman–Crippen MR) is 63.4 cm³/mol. The van der Waals surface area contributed by atoms with Gasteiger partial charge in [0.1, 0.15) is 5.56 Å². The van der Waals surface area contributed by atoms with E-state index < -0.39 is 5.56 Å². The molecule has 6 heteroatoms. The van der Waals surface area contributed by atoms with Crippen LogP contribution in [0.25, 0.3) is 17.0 Å². The second-order valence-corrected chi connectivity index (χ2v) is 3.80. The molecule has 0 saturated carbocycles. The first-order valence-electron chi connectivity index (χ1n) is 5.31. The van der Waals surface area contributed by atoms with E-state index in [1.165, 1.54) is 0 Å². The molecule has 0 aliphatic rings. The van der Waals surface area contributed by atoms with Crippen molar-refractivity contribution in [2.24, 2.45) is 0 Å². The number of benzene rings is 1. The highest BCUT2D eigenvalue weighted by molar-refractivity contribution is 5.67. The lowest BCUT2D eigenvalue weighted by Gasteiger charge is -2.01. The molecule has 0 spiro atoms. The van der Waals surface area contributed by atoms with Crippen molar-refractivity contribution in [1.29, 1.82) is 0 Å². The summed E-state index contributed by atoms with van der Waals surface area (Å²) in [5.41, 5.74) is 0.240. The standard InChI is InChI=1S/C12H9N3O3/c1-7-14-15-11(17)9(8-5-3-2-4-6-8)10(16)13-12(15)18-7/h2-6,16H,1H3. The van der Waals surface area contributed by atoms with E-state index in [4.69, 9.17) is 4.42 Å². The molecule has 0 bridgehead atoms. The summed E-state index contributed by atoms with van der Waals surface area (Å²) in [5.74, 6) is -0.0683. The Morgan fingerprint density at radius 2 is 2.00 bits per heavy atom. The monoisotopic (exact) mass is 243 g/mol. The van der Waals surface area contributed by atoms with Gasteiger partial charge in [0.25, 0.3) is 5.56 Å². The number of hydrogen-bond acceptors (Lipinski definition) is 5. The Morgan fingerprint density at radius 1 is 1.28 bits per heavy atom. The van der Waals surface area contributed by atoms with E-state index in [2.05, 4.69) is 10.1 Å². The molecule has 1 N–H and O–H groups in total. The highest BCUT2D eigenvalue weighted by Gasteiger charge is 2.17. The zero-order chi connectivity index (χ0) is 12.7. The van der Waals surface area contributed by atoms with Gasteiger partial charge in [-0.2, -0.15) is 4.98 Å². The predicted octanol–water partition coefficient (Wildman–Crippen LogP) is 1.36. The van der Waals surface area contributed by atoms with Crippen LogP contribution in [0.15, 0.2) is 39.5 Å². The van der Waals surface area contributed by atoms with Gasteiger partial charge in [-0.15, -0.1) is 9.61 Å². The maximum absolute atomic E-state index is 12.2. The first-order valence-corrected chi connectivity index (χ1v) is 5.31. The first-order chi connectivity index (χ1) is 8.66. The van der Waals surface area contributed by atoms with Gasteiger partial charge in [0.2, 0.25) is 11.8 Å². The van der Waals surface area contributed by atoms with E-state index in [0.29, 0.717) is 11.5 Å². The fourth-order valence-corrected chi connectivity index (χ4v) is 1.79. The van der Waals surface area contributed by atoms with E-state index >= 15 is 0 Å². The fraction of sp³-hybridized carbons (Fsp3) is 0.0833. The minimum Gasteiger partial charge on any atom is -0.493 e. The van der Waals surface area contributed by atoms with E-state index in [-0.39, 0.29) is 17.3 Å². The third-order valence-corrected chi connectivity index (χ3v) is 2.55. The Kier molecular flexibility index (Phi) is 2.16. The van der Waals surface area contributed by atoms with Crippen LogP contribution in [-0.4, -0.2) is 19.7 Å². The van der Waals surface area contributed by atoms with Crippen LogP contribution in [0, 0.1) is 6.92 Å². The van der Waals surface area contributed by atoms with E-state index in [1.807, 2.05) is 6.07 Å². The quantitative estimate of drug-likeness (QED) is 0.698. The summed E-state index contributed by atoms with van der Waals surface area (Å²) in [6.45, 7) is 1.60. The lowest BCUT2D eigenvalue weighted by atomic mass is 10.1. The minimum absolute atomic E-state index is 0.0188. The number of nitrogens with zero attached hydrogens (tertiary/aromatic N) is 3. The normalized spacial score (nSPS) is 10.9. The molecule has 0 fully saturated rings. The van der Waals surface area contributed by atoms with Crippen molar-refractivity contribution in [1.82, 2.24) is 14.6 Å². The van der Waals surface area contributed by atoms with Crippen molar-refractivity contribution in [2.45, 2.75) is 6.92 Å². The number of aryl methyl sites for hydroxylation is 1. The molecule has 0 aliphatic carbocycles. The summed E-state index contributed by atoms with van der Waals surface area (Å²) in [5, 5.41) is 13.7. The Hall–Kier alpha value is -2.63. The minimum atomic E-state index is -0.458. The maximum atomic E-state index is 12.2. The van der Waals surface area contributed by atoms with E-state index in [9.17, 15) is 9.90 Å². The summed E-state index contributed by atoms with van der Waals surface area (Å²) < 4.78 is 6.14. The summed E-state index contributed by atoms with van der Waals surface area (Å²) in [6.07, 6.45) is 0. The summed E-state index contributed by atoms with van der Waals surface area (Å²) >= 11 is 0. The van der Waals surface area contributed by atoms with Crippen LogP contribution in [0.3, 0.4) is 0 Å². The number of fused-ring (bicyclic) bond motifs is 1. The average Bonchev–Trinajstić information content (AvgIpc) is 2.71. The Bertz CT molecular complexity index is 774. The van der Waals surface area contributed by atoms with Crippen molar-refractivity contribution in [3.8, 4) is 17.0 Å². The van der Waals surface area contributed by atoms with Crippen LogP contribution in [0.2, 0.25) is 0 Å². The number of hydrogen-bond donors (Lipinski definition) is 1. The topological polar surface area (TPSA) is 80.6 Å². The lowest BCUT2D eigenvalue weighted by molar-refractivity contribution is 0.447. The van der Waals surface area contributed by atoms with Crippen molar-refractivity contribution in [3.05, 3.63) is 46.6 Å². The molecule has 3 aromatic rings. The van der Waals surface area contributed by atoms with Gasteiger partial charge in [0.05, 0.1) is 0 Å². The van der Waals surface area contributed by atoms with Gasteiger partial charge in [-0.1, -0.05) is 30.3 Å². The molecule has 0 aliphatic heterocycles. The van der Waals surface area contributed by atoms with Crippen LogP contribution in [-0.2, 0) is 0 Å². The second kappa shape index (κ2) is 3.69. The fourth-order valence-electron chi connectivity index (χ4n) is 1.79. The Labute approximate surface area is 101 Å². The molecule has 0 saturated heterocycles. The molecule has 1 aromatic carbocycles. The zero-order valence-electron chi connectivity index (χ0n) is 9.49. The number of aromatic nitrogens is 3. The molecule has 0 amide bonds. The van der Waals surface area contributed by atoms with Crippen LogP contribution in [0.4, 0.5) is 0 Å². The number of rotatable bonds is 1. The smallest absolute Gasteiger partial charge is 0.331 e. The number of aromatic hydroxyl groups is 1. The molecule has 3 rings (SSSR count). The largest absolute Gasteiger partial charge is 0.493 e. The maximum Gasteiger partial charge on any atom is 0.331 e. The molecular weight excluding hydrogens is 234 g/mol. The van der Waals surface area contributed by atoms with Crippen molar-refractivity contribution < 1.29 is 9.52 Å². The summed E-state index contributed by atoms with van der Waals surface area (Å²) in [7, 11) is 0. The van der Waals surface area contributed by atoms with Crippen LogP contribution in [0.5, 0.6) is 5.88 Å². The molecule has 0 unspecified atom stereocenters. The third-order valence-electron chi connectivity index (χ3n) is 2.55. The zero-order valence-corrected chi connectivity index (χ0v) is 9.49. The van der Waals surface area contributed by atoms with Crippen molar-refractivity contribution >= 4 is 5.84 Å². The van der Waals surface area contributed by atoms with E-state index in [0.717, 1.165) is 4.52 Å². The SMILES string of the molecule is Cc1nn2c(=O)c(-c3ccccc3)c(O)nc2o1. The third kappa shape index (κ3) is 1.46. The molecule has 2 heterocycles. The summed E-state index contributed by atoms with van der Waals surface area (Å²) in [6, 6.07) is 8.81. The lowest BCUT2D eigenvalue weighted by Crippen LogP contribution is -2.17. The highest BCUT2D eigenvalue weighted by atomic mass is 16.4. The average molecular weight is 243 g/mol. The first kappa shape index (κ1) is 10.5. The Balaban J connectivity index is 2.40. The van der Waals surface area contributed by atoms with E-state index in [1.54, 1.807) is 31.2 Å². The van der Waals surface area contributed by atoms with Gasteiger partial charge in [0.15, 0.2) is 0 Å². The second-order valence-electron chi connectivity index (χ2n) is 3.80. The van der Waals surface area contributed by atoms with Crippen molar-refractivity contribution in [3.63, 3.8) is 0 Å². The molecule has 18 heavy (non-hydrogen) atoms. The Morgan fingerprint density at radius 3 is 2.72 bits per heavy atom. The molecule has 6 nitrogen and oxygen atoms in total. The van der Waals surface area contributed by atoms with Gasteiger partial charge < -0.3 is 9.52 Å². The van der Waals surface area contributed by atoms with Gasteiger partial charge >= 0.3 is 5.84 Å². The molecule has 0 atom stereocenters. The molecule has 90 valence electrons. The molecule has 0 radical (unpaired) electrons. The van der Waals surface area contributed by atoms with Crippen LogP contribution >= 0.6 is 0 Å². The van der Waals surface area contributed by atoms with Crippen molar-refractivity contribution in [2.75, 3.05) is 0 Å². The summed E-state index contributed by atoms with van der Waals surface area (Å²) in [4.78, 5) is 16.0.